The van der Waals surface area contributed by atoms with E-state index in [1.165, 1.54) is 6.07 Å². The lowest BCUT2D eigenvalue weighted by molar-refractivity contribution is -0.144. The van der Waals surface area contributed by atoms with Crippen molar-refractivity contribution in [2.75, 3.05) is 18.7 Å². The number of carbonyl (C=O) groups excluding carboxylic acids is 2. The maximum absolute atomic E-state index is 13.9. The number of hydrogen-bond acceptors (Lipinski definition) is 7. The van der Waals surface area contributed by atoms with Crippen LogP contribution in [0.4, 0.5) is 10.1 Å². The van der Waals surface area contributed by atoms with Gasteiger partial charge in [-0.2, -0.15) is 0 Å². The second-order valence-electron chi connectivity index (χ2n) is 7.45. The Hall–Kier alpha value is -3.89. The zero-order chi connectivity index (χ0) is 23.6. The standard InChI is InChI=1S/C23H21FN4O5/c1-15(21(29)32-2)23(31)19-10-17(24)8-9-20(19)28(22(23)30)14-33-13-18-12-27(26-25-18)11-16-6-4-3-5-7-16/h3-10,12,31H,1,11,13-14H2,2H3. The highest BCUT2D eigenvalue weighted by Crippen LogP contribution is 2.44. The number of halogens is 1. The van der Waals surface area contributed by atoms with Crippen molar-refractivity contribution < 1.29 is 28.6 Å². The molecule has 10 heteroatoms. The summed E-state index contributed by atoms with van der Waals surface area (Å²) in [5, 5.41) is 19.2. The molecule has 33 heavy (non-hydrogen) atoms. The van der Waals surface area contributed by atoms with Gasteiger partial charge in [-0.3, -0.25) is 9.69 Å². The number of amides is 1. The van der Waals surface area contributed by atoms with Crippen LogP contribution in [-0.2, 0) is 37.8 Å². The van der Waals surface area contributed by atoms with Crippen LogP contribution >= 0.6 is 0 Å². The minimum absolute atomic E-state index is 0.0332. The van der Waals surface area contributed by atoms with Crippen LogP contribution in [0.1, 0.15) is 16.8 Å². The number of aliphatic hydroxyl groups is 1. The van der Waals surface area contributed by atoms with Crippen molar-refractivity contribution in [1.82, 2.24) is 15.0 Å². The fraction of sp³-hybridized carbons (Fsp3) is 0.217. The molecule has 0 radical (unpaired) electrons. The quantitative estimate of drug-likeness (QED) is 0.411. The zero-order valence-corrected chi connectivity index (χ0v) is 17.8. The number of carbonyl (C=O) groups is 2. The first-order valence-electron chi connectivity index (χ1n) is 9.97. The molecule has 0 saturated heterocycles. The van der Waals surface area contributed by atoms with Gasteiger partial charge in [0.2, 0.25) is 5.60 Å². The van der Waals surface area contributed by atoms with Crippen molar-refractivity contribution in [3.63, 3.8) is 0 Å². The summed E-state index contributed by atoms with van der Waals surface area (Å²) in [5.41, 5.74) is -1.31. The maximum atomic E-state index is 13.9. The van der Waals surface area contributed by atoms with E-state index in [1.807, 2.05) is 30.3 Å². The van der Waals surface area contributed by atoms with Gasteiger partial charge in [0.1, 0.15) is 18.2 Å². The normalized spacial score (nSPS) is 17.2. The summed E-state index contributed by atoms with van der Waals surface area (Å²) in [4.78, 5) is 26.2. The lowest BCUT2D eigenvalue weighted by Crippen LogP contribution is -2.44. The third-order valence-corrected chi connectivity index (χ3v) is 5.31. The van der Waals surface area contributed by atoms with E-state index in [4.69, 9.17) is 4.74 Å². The van der Waals surface area contributed by atoms with Crippen LogP contribution in [0.25, 0.3) is 0 Å². The number of methoxy groups -OCH3 is 1. The molecule has 1 atom stereocenters. The van der Waals surface area contributed by atoms with Crippen molar-refractivity contribution in [2.24, 2.45) is 0 Å². The Balaban J connectivity index is 1.47. The minimum Gasteiger partial charge on any atom is -0.466 e. The zero-order valence-electron chi connectivity index (χ0n) is 17.8. The summed E-state index contributed by atoms with van der Waals surface area (Å²) in [6.45, 7) is 3.80. The number of benzene rings is 2. The van der Waals surface area contributed by atoms with E-state index in [1.54, 1.807) is 10.9 Å². The monoisotopic (exact) mass is 452 g/mol. The van der Waals surface area contributed by atoms with E-state index in [-0.39, 0.29) is 24.6 Å². The largest absolute Gasteiger partial charge is 0.466 e. The number of aromatic nitrogens is 3. The van der Waals surface area contributed by atoms with Gasteiger partial charge in [0.25, 0.3) is 5.91 Å². The molecule has 9 nitrogen and oxygen atoms in total. The predicted molar refractivity (Wildman–Crippen MR) is 114 cm³/mol. The summed E-state index contributed by atoms with van der Waals surface area (Å²) < 4.78 is 25.8. The number of rotatable bonds is 8. The third kappa shape index (κ3) is 4.13. The second kappa shape index (κ2) is 8.93. The Morgan fingerprint density at radius 3 is 2.73 bits per heavy atom. The van der Waals surface area contributed by atoms with Gasteiger partial charge in [-0.15, -0.1) is 5.10 Å². The highest BCUT2D eigenvalue weighted by Gasteiger charge is 2.54. The smallest absolute Gasteiger partial charge is 0.336 e. The summed E-state index contributed by atoms with van der Waals surface area (Å²) in [6, 6.07) is 13.2. The molecule has 170 valence electrons. The number of nitrogens with zero attached hydrogens (tertiary/aromatic N) is 4. The molecular formula is C23H21FN4O5. The lowest BCUT2D eigenvalue weighted by Gasteiger charge is -2.23. The number of hydrogen-bond donors (Lipinski definition) is 1. The second-order valence-corrected chi connectivity index (χ2v) is 7.45. The van der Waals surface area contributed by atoms with E-state index in [0.29, 0.717) is 12.2 Å². The van der Waals surface area contributed by atoms with Gasteiger partial charge in [0, 0.05) is 5.56 Å². The molecule has 2 aromatic carbocycles. The molecule has 3 aromatic rings. The van der Waals surface area contributed by atoms with Gasteiger partial charge in [-0.1, -0.05) is 42.1 Å². The van der Waals surface area contributed by atoms with E-state index in [2.05, 4.69) is 21.6 Å². The van der Waals surface area contributed by atoms with Crippen LogP contribution in [0, 0.1) is 5.82 Å². The lowest BCUT2D eigenvalue weighted by atomic mass is 9.88. The fourth-order valence-electron chi connectivity index (χ4n) is 3.64. The van der Waals surface area contributed by atoms with Crippen molar-refractivity contribution >= 4 is 17.6 Å². The molecule has 4 rings (SSSR count). The van der Waals surface area contributed by atoms with E-state index in [9.17, 15) is 19.1 Å². The van der Waals surface area contributed by atoms with Crippen LogP contribution in [0.15, 0.2) is 66.9 Å². The molecule has 1 unspecified atom stereocenters. The predicted octanol–water partition coefficient (Wildman–Crippen LogP) is 1.90. The van der Waals surface area contributed by atoms with Gasteiger partial charge < -0.3 is 14.6 Å². The van der Waals surface area contributed by atoms with Crippen molar-refractivity contribution in [1.29, 1.82) is 0 Å². The molecule has 1 N–H and O–H groups in total. The highest BCUT2D eigenvalue weighted by atomic mass is 19.1. The van der Waals surface area contributed by atoms with Crippen LogP contribution in [0.3, 0.4) is 0 Å². The van der Waals surface area contributed by atoms with Crippen LogP contribution in [-0.4, -0.2) is 45.8 Å². The van der Waals surface area contributed by atoms with Crippen LogP contribution < -0.4 is 4.90 Å². The first-order chi connectivity index (χ1) is 15.8. The molecule has 0 spiro atoms. The fourth-order valence-corrected chi connectivity index (χ4v) is 3.64. The van der Waals surface area contributed by atoms with E-state index < -0.39 is 28.9 Å². The molecule has 1 aliphatic rings. The third-order valence-electron chi connectivity index (χ3n) is 5.31. The summed E-state index contributed by atoms with van der Waals surface area (Å²) in [6.07, 6.45) is 1.72. The van der Waals surface area contributed by atoms with E-state index in [0.717, 1.165) is 29.7 Å². The Bertz CT molecular complexity index is 1210. The average molecular weight is 452 g/mol. The molecule has 1 aliphatic heterocycles. The van der Waals surface area contributed by atoms with Gasteiger partial charge in [0.05, 0.1) is 37.7 Å². The molecule has 1 amide bonds. The first-order valence-corrected chi connectivity index (χ1v) is 9.97. The van der Waals surface area contributed by atoms with Gasteiger partial charge in [-0.05, 0) is 23.8 Å². The Kier molecular flexibility index (Phi) is 6.03. The molecular weight excluding hydrogens is 431 g/mol. The molecule has 0 aliphatic carbocycles. The minimum atomic E-state index is -2.47. The summed E-state index contributed by atoms with van der Waals surface area (Å²) in [7, 11) is 1.09. The number of ether oxygens (including phenoxy) is 2. The Morgan fingerprint density at radius 1 is 1.24 bits per heavy atom. The molecule has 0 saturated carbocycles. The number of anilines is 1. The summed E-state index contributed by atoms with van der Waals surface area (Å²) in [5.74, 6) is -2.57. The topological polar surface area (TPSA) is 107 Å². The van der Waals surface area contributed by atoms with Gasteiger partial charge >= 0.3 is 5.97 Å². The number of esters is 1. The van der Waals surface area contributed by atoms with Crippen LogP contribution in [0.2, 0.25) is 0 Å². The van der Waals surface area contributed by atoms with Gasteiger partial charge in [0.15, 0.2) is 0 Å². The van der Waals surface area contributed by atoms with Crippen LogP contribution in [0.5, 0.6) is 0 Å². The molecule has 0 fully saturated rings. The van der Waals surface area contributed by atoms with Crippen molar-refractivity contribution in [3.05, 3.63) is 89.5 Å². The summed E-state index contributed by atoms with van der Waals surface area (Å²) >= 11 is 0. The highest BCUT2D eigenvalue weighted by molar-refractivity contribution is 6.13. The SMILES string of the molecule is C=C(C(=O)OC)C1(O)C(=O)N(COCc2cn(Cc3ccccc3)nn2)c2ccc(F)cc21. The number of fused-ring (bicyclic) bond motifs is 1. The first kappa shape index (κ1) is 22.3. The average Bonchev–Trinajstić information content (AvgIpc) is 3.35. The van der Waals surface area contributed by atoms with Crippen molar-refractivity contribution in [2.45, 2.75) is 18.8 Å². The van der Waals surface area contributed by atoms with Crippen molar-refractivity contribution in [3.8, 4) is 0 Å². The molecule has 2 heterocycles. The Labute approximate surface area is 188 Å². The van der Waals surface area contributed by atoms with Gasteiger partial charge in [-0.25, -0.2) is 13.9 Å². The molecule has 0 bridgehead atoms. The maximum Gasteiger partial charge on any atom is 0.336 e. The Morgan fingerprint density at radius 2 is 2.00 bits per heavy atom. The van der Waals surface area contributed by atoms with E-state index >= 15 is 0 Å². The molecule has 1 aromatic heterocycles.